The van der Waals surface area contributed by atoms with Crippen molar-refractivity contribution >= 4 is 15.9 Å². The first kappa shape index (κ1) is 9.40. The van der Waals surface area contributed by atoms with Crippen LogP contribution in [0.15, 0.2) is 28.7 Å². The van der Waals surface area contributed by atoms with Crippen molar-refractivity contribution in [2.75, 3.05) is 0 Å². The molecule has 0 saturated heterocycles. The molecule has 2 rings (SSSR count). The van der Waals surface area contributed by atoms with Gasteiger partial charge in [-0.3, -0.25) is 5.10 Å². The minimum absolute atomic E-state index is 0.264. The number of hydrogen-bond donors (Lipinski definition) is 1. The first-order chi connectivity index (χ1) is 6.70. The fourth-order valence-electron chi connectivity index (χ4n) is 1.25. The molecule has 0 aliphatic heterocycles. The lowest BCUT2D eigenvalue weighted by molar-refractivity contribution is 0.630. The summed E-state index contributed by atoms with van der Waals surface area (Å²) in [7, 11) is 0. The van der Waals surface area contributed by atoms with Crippen molar-refractivity contribution in [3.8, 4) is 11.3 Å². The SMILES string of the molecule is Cc1[nH]nc(-c2ccccc2F)c1Br. The van der Waals surface area contributed by atoms with Crippen molar-refractivity contribution in [1.29, 1.82) is 0 Å². The van der Waals surface area contributed by atoms with Gasteiger partial charge in [0.15, 0.2) is 0 Å². The van der Waals surface area contributed by atoms with Gasteiger partial charge in [-0.15, -0.1) is 0 Å². The lowest BCUT2D eigenvalue weighted by Crippen LogP contribution is -1.84. The molecule has 0 radical (unpaired) electrons. The highest BCUT2D eigenvalue weighted by Crippen LogP contribution is 2.29. The largest absolute Gasteiger partial charge is 0.281 e. The number of benzene rings is 1. The molecular weight excluding hydrogens is 247 g/mol. The van der Waals surface area contributed by atoms with Crippen LogP contribution in [0, 0.1) is 12.7 Å². The van der Waals surface area contributed by atoms with E-state index in [1.807, 2.05) is 6.92 Å². The zero-order valence-electron chi connectivity index (χ0n) is 7.51. The van der Waals surface area contributed by atoms with Gasteiger partial charge in [0, 0.05) is 11.3 Å². The van der Waals surface area contributed by atoms with Crippen LogP contribution in [0.3, 0.4) is 0 Å². The highest BCUT2D eigenvalue weighted by atomic mass is 79.9. The third-order valence-electron chi connectivity index (χ3n) is 2.00. The average Bonchev–Trinajstić information content (AvgIpc) is 2.49. The van der Waals surface area contributed by atoms with E-state index in [4.69, 9.17) is 0 Å². The first-order valence-corrected chi connectivity index (χ1v) is 4.95. The summed E-state index contributed by atoms with van der Waals surface area (Å²) >= 11 is 3.36. The van der Waals surface area contributed by atoms with Crippen molar-refractivity contribution in [3.63, 3.8) is 0 Å². The van der Waals surface area contributed by atoms with E-state index in [0.717, 1.165) is 10.2 Å². The van der Waals surface area contributed by atoms with Crippen LogP contribution in [0.25, 0.3) is 11.3 Å². The number of hydrogen-bond acceptors (Lipinski definition) is 1. The summed E-state index contributed by atoms with van der Waals surface area (Å²) in [4.78, 5) is 0. The smallest absolute Gasteiger partial charge is 0.132 e. The zero-order chi connectivity index (χ0) is 10.1. The van der Waals surface area contributed by atoms with E-state index in [1.165, 1.54) is 6.07 Å². The fourth-order valence-corrected chi connectivity index (χ4v) is 1.64. The molecule has 1 aromatic heterocycles. The standard InChI is InChI=1S/C10H8BrFN2/c1-6-9(11)10(14-13-6)7-4-2-3-5-8(7)12/h2-5H,1H3,(H,13,14). The molecule has 2 aromatic rings. The van der Waals surface area contributed by atoms with Crippen molar-refractivity contribution in [3.05, 3.63) is 40.2 Å². The Morgan fingerprint density at radius 2 is 2.07 bits per heavy atom. The Kier molecular flexibility index (Phi) is 2.37. The fraction of sp³-hybridized carbons (Fsp3) is 0.100. The Labute approximate surface area is 89.3 Å². The van der Waals surface area contributed by atoms with Crippen LogP contribution in [0.5, 0.6) is 0 Å². The van der Waals surface area contributed by atoms with Gasteiger partial charge in [-0.1, -0.05) is 12.1 Å². The second-order valence-corrected chi connectivity index (χ2v) is 3.78. The minimum Gasteiger partial charge on any atom is -0.281 e. The summed E-state index contributed by atoms with van der Waals surface area (Å²) < 4.78 is 14.2. The maximum absolute atomic E-state index is 13.4. The van der Waals surface area contributed by atoms with Gasteiger partial charge in [0.25, 0.3) is 0 Å². The Morgan fingerprint density at radius 1 is 1.36 bits per heavy atom. The third kappa shape index (κ3) is 1.46. The highest BCUT2D eigenvalue weighted by molar-refractivity contribution is 9.10. The summed E-state index contributed by atoms with van der Waals surface area (Å²) in [5.74, 6) is -0.264. The number of aromatic amines is 1. The number of aromatic nitrogens is 2. The molecule has 0 aliphatic rings. The molecule has 0 atom stereocenters. The molecule has 1 aromatic carbocycles. The van der Waals surface area contributed by atoms with Gasteiger partial charge in [-0.25, -0.2) is 4.39 Å². The van der Waals surface area contributed by atoms with E-state index in [2.05, 4.69) is 26.1 Å². The van der Waals surface area contributed by atoms with Gasteiger partial charge in [0.05, 0.1) is 4.47 Å². The molecule has 1 N–H and O–H groups in total. The molecule has 1 heterocycles. The van der Waals surface area contributed by atoms with Crippen molar-refractivity contribution in [1.82, 2.24) is 10.2 Å². The van der Waals surface area contributed by atoms with Crippen LogP contribution >= 0.6 is 15.9 Å². The van der Waals surface area contributed by atoms with E-state index in [0.29, 0.717) is 11.3 Å². The second kappa shape index (κ2) is 3.53. The van der Waals surface area contributed by atoms with Gasteiger partial charge >= 0.3 is 0 Å². The predicted octanol–water partition coefficient (Wildman–Crippen LogP) is 3.29. The number of nitrogens with zero attached hydrogens (tertiary/aromatic N) is 1. The quantitative estimate of drug-likeness (QED) is 0.832. The molecule has 0 saturated carbocycles. The number of halogens is 2. The van der Waals surface area contributed by atoms with Crippen molar-refractivity contribution in [2.45, 2.75) is 6.92 Å². The summed E-state index contributed by atoms with van der Waals surface area (Å²) in [6.45, 7) is 1.88. The molecule has 14 heavy (non-hydrogen) atoms. The van der Waals surface area contributed by atoms with Gasteiger partial charge in [0.2, 0.25) is 0 Å². The maximum Gasteiger partial charge on any atom is 0.132 e. The normalized spacial score (nSPS) is 10.5. The first-order valence-electron chi connectivity index (χ1n) is 4.15. The molecule has 0 amide bonds. The summed E-state index contributed by atoms with van der Waals surface area (Å²) in [5, 5.41) is 6.83. The molecule has 0 unspecified atom stereocenters. The molecule has 2 nitrogen and oxygen atoms in total. The molecule has 0 bridgehead atoms. The van der Waals surface area contributed by atoms with E-state index >= 15 is 0 Å². The molecule has 0 fully saturated rings. The van der Waals surface area contributed by atoms with Crippen LogP contribution in [0.1, 0.15) is 5.69 Å². The number of rotatable bonds is 1. The van der Waals surface area contributed by atoms with Crippen LogP contribution < -0.4 is 0 Å². The molecule has 72 valence electrons. The van der Waals surface area contributed by atoms with Crippen LogP contribution in [-0.4, -0.2) is 10.2 Å². The molecular formula is C10H8BrFN2. The Bertz CT molecular complexity index is 465. The lowest BCUT2D eigenvalue weighted by Gasteiger charge is -1.98. The Balaban J connectivity index is 2.60. The van der Waals surface area contributed by atoms with Crippen molar-refractivity contribution in [2.24, 2.45) is 0 Å². The third-order valence-corrected chi connectivity index (χ3v) is 2.97. The average molecular weight is 255 g/mol. The van der Waals surface area contributed by atoms with E-state index in [9.17, 15) is 4.39 Å². The van der Waals surface area contributed by atoms with Crippen LogP contribution in [-0.2, 0) is 0 Å². The number of H-pyrrole nitrogens is 1. The van der Waals surface area contributed by atoms with Gasteiger partial charge < -0.3 is 0 Å². The molecule has 0 aliphatic carbocycles. The van der Waals surface area contributed by atoms with E-state index in [-0.39, 0.29) is 5.82 Å². The zero-order valence-corrected chi connectivity index (χ0v) is 9.10. The number of nitrogens with one attached hydrogen (secondary N) is 1. The Hall–Kier alpha value is -1.16. The second-order valence-electron chi connectivity index (χ2n) is 2.99. The predicted molar refractivity (Wildman–Crippen MR) is 56.4 cm³/mol. The number of aryl methyl sites for hydroxylation is 1. The van der Waals surface area contributed by atoms with E-state index < -0.39 is 0 Å². The van der Waals surface area contributed by atoms with Gasteiger partial charge in [0.1, 0.15) is 11.5 Å². The summed E-state index contributed by atoms with van der Waals surface area (Å²) in [6, 6.07) is 6.57. The lowest BCUT2D eigenvalue weighted by atomic mass is 10.1. The molecule has 0 spiro atoms. The van der Waals surface area contributed by atoms with E-state index in [1.54, 1.807) is 18.2 Å². The van der Waals surface area contributed by atoms with Crippen LogP contribution in [0.2, 0.25) is 0 Å². The minimum atomic E-state index is -0.264. The highest BCUT2D eigenvalue weighted by Gasteiger charge is 2.12. The van der Waals surface area contributed by atoms with Crippen molar-refractivity contribution < 1.29 is 4.39 Å². The topological polar surface area (TPSA) is 28.7 Å². The van der Waals surface area contributed by atoms with Gasteiger partial charge in [-0.2, -0.15) is 5.10 Å². The maximum atomic E-state index is 13.4. The van der Waals surface area contributed by atoms with Gasteiger partial charge in [-0.05, 0) is 35.0 Å². The molecule has 4 heteroatoms. The monoisotopic (exact) mass is 254 g/mol. The Morgan fingerprint density at radius 3 is 2.64 bits per heavy atom. The summed E-state index contributed by atoms with van der Waals surface area (Å²) in [5.41, 5.74) is 2.01. The van der Waals surface area contributed by atoms with Crippen LogP contribution in [0.4, 0.5) is 4.39 Å². The summed E-state index contributed by atoms with van der Waals surface area (Å²) in [6.07, 6.45) is 0.